The topological polar surface area (TPSA) is 70.7 Å². The van der Waals surface area contributed by atoms with Crippen LogP contribution in [0.4, 0.5) is 5.69 Å². The van der Waals surface area contributed by atoms with Gasteiger partial charge >= 0.3 is 0 Å². The van der Waals surface area contributed by atoms with E-state index in [9.17, 15) is 4.79 Å². The normalized spacial score (nSPS) is 10.4. The molecule has 1 aromatic heterocycles. The number of halogens is 1. The number of rotatable bonds is 3. The van der Waals surface area contributed by atoms with Crippen molar-refractivity contribution < 1.29 is 4.79 Å². The summed E-state index contributed by atoms with van der Waals surface area (Å²) < 4.78 is 0.827. The molecule has 1 amide bonds. The number of amides is 1. The van der Waals surface area contributed by atoms with Gasteiger partial charge in [-0.05, 0) is 40.5 Å². The number of hydrogen-bond acceptors (Lipinski definition) is 3. The third-order valence-electron chi connectivity index (χ3n) is 2.44. The molecule has 0 aliphatic heterocycles. The van der Waals surface area contributed by atoms with Crippen molar-refractivity contribution >= 4 is 27.5 Å². The zero-order chi connectivity index (χ0) is 13.1. The average molecular weight is 309 g/mol. The molecule has 1 aromatic carbocycles. The monoisotopic (exact) mass is 308 g/mol. The quantitative estimate of drug-likeness (QED) is 0.916. The van der Waals surface area contributed by atoms with Crippen LogP contribution in [0.15, 0.2) is 22.7 Å². The summed E-state index contributed by atoms with van der Waals surface area (Å²) in [4.78, 5) is 16.0. The second-order valence-corrected chi connectivity index (χ2v) is 4.75. The molecule has 2 aromatic rings. The molecule has 5 nitrogen and oxygen atoms in total. The van der Waals surface area contributed by atoms with Gasteiger partial charge in [0.25, 0.3) is 5.91 Å². The molecule has 0 spiro atoms. The highest BCUT2D eigenvalue weighted by Crippen LogP contribution is 2.23. The van der Waals surface area contributed by atoms with E-state index in [0.717, 1.165) is 10.0 Å². The maximum atomic E-state index is 11.9. The molecule has 0 aliphatic carbocycles. The Hall–Kier alpha value is -1.69. The summed E-state index contributed by atoms with van der Waals surface area (Å²) in [5.74, 6) is 0.529. The smallest absolute Gasteiger partial charge is 0.295 e. The molecule has 2 N–H and O–H groups in total. The number of nitrogens with zero attached hydrogens (tertiary/aromatic N) is 2. The molecule has 18 heavy (non-hydrogen) atoms. The fraction of sp³-hybridized carbons (Fsp3) is 0.250. The molecule has 1 heterocycles. The molecule has 0 saturated carbocycles. The van der Waals surface area contributed by atoms with Crippen molar-refractivity contribution in [2.24, 2.45) is 0 Å². The molecule has 0 unspecified atom stereocenters. The highest BCUT2D eigenvalue weighted by Gasteiger charge is 2.13. The maximum absolute atomic E-state index is 11.9. The van der Waals surface area contributed by atoms with E-state index in [-0.39, 0.29) is 11.7 Å². The van der Waals surface area contributed by atoms with E-state index in [1.54, 1.807) is 0 Å². The Labute approximate surface area is 113 Å². The first-order valence-corrected chi connectivity index (χ1v) is 6.38. The van der Waals surface area contributed by atoms with Crippen molar-refractivity contribution in [3.05, 3.63) is 39.9 Å². The van der Waals surface area contributed by atoms with Gasteiger partial charge in [-0.3, -0.25) is 9.89 Å². The lowest BCUT2D eigenvalue weighted by atomic mass is 10.2. The lowest BCUT2D eigenvalue weighted by Gasteiger charge is -2.06. The number of aryl methyl sites for hydroxylation is 2. The van der Waals surface area contributed by atoms with E-state index in [1.807, 2.05) is 32.0 Å². The second kappa shape index (κ2) is 5.30. The zero-order valence-corrected chi connectivity index (χ0v) is 11.7. The Morgan fingerprint density at radius 3 is 2.94 bits per heavy atom. The van der Waals surface area contributed by atoms with Crippen LogP contribution >= 0.6 is 15.9 Å². The summed E-state index contributed by atoms with van der Waals surface area (Å²) in [6, 6.07) is 5.73. The van der Waals surface area contributed by atoms with Gasteiger partial charge in [0.1, 0.15) is 5.82 Å². The first kappa shape index (κ1) is 12.8. The molecular weight excluding hydrogens is 296 g/mol. The van der Waals surface area contributed by atoms with Gasteiger partial charge in [-0.15, -0.1) is 5.10 Å². The fourth-order valence-electron chi connectivity index (χ4n) is 1.47. The van der Waals surface area contributed by atoms with Gasteiger partial charge < -0.3 is 5.32 Å². The molecule has 0 aliphatic rings. The molecule has 0 fully saturated rings. The largest absolute Gasteiger partial charge is 0.318 e. The number of H-pyrrole nitrogens is 1. The number of nitrogens with one attached hydrogen (secondary N) is 2. The summed E-state index contributed by atoms with van der Waals surface area (Å²) in [7, 11) is 0. The number of aromatic amines is 1. The molecule has 0 atom stereocenters. The number of carbonyl (C=O) groups excluding carboxylic acids is 1. The van der Waals surface area contributed by atoms with E-state index in [0.29, 0.717) is 17.9 Å². The summed E-state index contributed by atoms with van der Waals surface area (Å²) in [6.07, 6.45) is 0.717. The molecule has 0 radical (unpaired) electrons. The Kier molecular flexibility index (Phi) is 3.76. The van der Waals surface area contributed by atoms with E-state index in [4.69, 9.17) is 0 Å². The van der Waals surface area contributed by atoms with Crippen molar-refractivity contribution in [2.75, 3.05) is 5.32 Å². The maximum Gasteiger partial charge on any atom is 0.295 e. The lowest BCUT2D eigenvalue weighted by molar-refractivity contribution is 0.101. The van der Waals surface area contributed by atoms with E-state index >= 15 is 0 Å². The summed E-state index contributed by atoms with van der Waals surface area (Å²) >= 11 is 3.39. The van der Waals surface area contributed by atoms with Crippen molar-refractivity contribution in [3.63, 3.8) is 0 Å². The Bertz CT molecular complexity index is 579. The van der Waals surface area contributed by atoms with Crippen LogP contribution in [0.25, 0.3) is 0 Å². The van der Waals surface area contributed by atoms with Crippen LogP contribution in [0, 0.1) is 6.92 Å². The van der Waals surface area contributed by atoms with Gasteiger partial charge in [0.05, 0.1) is 5.69 Å². The highest BCUT2D eigenvalue weighted by atomic mass is 79.9. The van der Waals surface area contributed by atoms with Gasteiger partial charge in [-0.25, -0.2) is 4.98 Å². The summed E-state index contributed by atoms with van der Waals surface area (Å²) in [5, 5.41) is 9.36. The van der Waals surface area contributed by atoms with Crippen LogP contribution < -0.4 is 5.32 Å². The highest BCUT2D eigenvalue weighted by molar-refractivity contribution is 9.10. The zero-order valence-electron chi connectivity index (χ0n) is 10.1. The van der Waals surface area contributed by atoms with Crippen LogP contribution in [0.2, 0.25) is 0 Å². The minimum Gasteiger partial charge on any atom is -0.318 e. The third kappa shape index (κ3) is 2.76. The van der Waals surface area contributed by atoms with Crippen LogP contribution in [0.5, 0.6) is 0 Å². The number of anilines is 1. The third-order valence-corrected chi connectivity index (χ3v) is 3.13. The number of hydrogen-bond donors (Lipinski definition) is 2. The number of aromatic nitrogens is 3. The Morgan fingerprint density at radius 1 is 1.50 bits per heavy atom. The van der Waals surface area contributed by atoms with Gasteiger partial charge in [0, 0.05) is 10.9 Å². The van der Waals surface area contributed by atoms with Gasteiger partial charge in [0.15, 0.2) is 0 Å². The second-order valence-electron chi connectivity index (χ2n) is 3.90. The fourth-order valence-corrected chi connectivity index (χ4v) is 1.81. The van der Waals surface area contributed by atoms with Crippen LogP contribution in [0.1, 0.15) is 28.9 Å². The van der Waals surface area contributed by atoms with Crippen molar-refractivity contribution in [2.45, 2.75) is 20.3 Å². The molecule has 2 rings (SSSR count). The van der Waals surface area contributed by atoms with E-state index in [2.05, 4.69) is 36.4 Å². The van der Waals surface area contributed by atoms with Crippen LogP contribution in [0.3, 0.4) is 0 Å². The standard InChI is InChI=1S/C12H13BrN4O/c1-3-10-15-11(17-16-10)12(18)14-9-6-7(2)4-5-8(9)13/h4-6H,3H2,1-2H3,(H,14,18)(H,15,16,17). The molecule has 0 bridgehead atoms. The average Bonchev–Trinajstić information content (AvgIpc) is 2.82. The summed E-state index contributed by atoms with van der Waals surface area (Å²) in [6.45, 7) is 3.91. The lowest BCUT2D eigenvalue weighted by Crippen LogP contribution is -2.14. The predicted octanol–water partition coefficient (Wildman–Crippen LogP) is 2.69. The van der Waals surface area contributed by atoms with Gasteiger partial charge in [-0.1, -0.05) is 13.0 Å². The molecule has 6 heteroatoms. The van der Waals surface area contributed by atoms with E-state index in [1.165, 1.54) is 0 Å². The first-order chi connectivity index (χ1) is 8.60. The minimum absolute atomic E-state index is 0.153. The Balaban J connectivity index is 2.18. The van der Waals surface area contributed by atoms with Crippen LogP contribution in [-0.4, -0.2) is 21.1 Å². The summed E-state index contributed by atoms with van der Waals surface area (Å²) in [5.41, 5.74) is 1.78. The van der Waals surface area contributed by atoms with E-state index < -0.39 is 0 Å². The van der Waals surface area contributed by atoms with Crippen molar-refractivity contribution in [3.8, 4) is 0 Å². The number of carbonyl (C=O) groups is 1. The van der Waals surface area contributed by atoms with Crippen molar-refractivity contribution in [1.29, 1.82) is 0 Å². The molecule has 94 valence electrons. The predicted molar refractivity (Wildman–Crippen MR) is 72.6 cm³/mol. The molecule has 0 saturated heterocycles. The van der Waals surface area contributed by atoms with Gasteiger partial charge in [0.2, 0.25) is 5.82 Å². The van der Waals surface area contributed by atoms with Gasteiger partial charge in [-0.2, -0.15) is 0 Å². The Morgan fingerprint density at radius 2 is 2.28 bits per heavy atom. The van der Waals surface area contributed by atoms with Crippen LogP contribution in [-0.2, 0) is 6.42 Å². The first-order valence-electron chi connectivity index (χ1n) is 5.59. The SMILES string of the molecule is CCc1nc(C(=O)Nc2cc(C)ccc2Br)n[nH]1. The van der Waals surface area contributed by atoms with Crippen molar-refractivity contribution in [1.82, 2.24) is 15.2 Å². The number of benzene rings is 1. The minimum atomic E-state index is -0.322. The molecular formula is C12H13BrN4O.